The molecule has 56 valence electrons. The molecule has 0 aromatic heterocycles. The molecule has 0 heterocycles. The van der Waals surface area contributed by atoms with Crippen LogP contribution in [0.5, 0.6) is 0 Å². The first-order valence-corrected chi connectivity index (χ1v) is 5.03. The third kappa shape index (κ3) is 1.72. The molecule has 1 N–H and O–H groups in total. The molecule has 0 radical (unpaired) electrons. The molecule has 10 heavy (non-hydrogen) atoms. The third-order valence-electron chi connectivity index (χ3n) is 1.20. The molecule has 1 unspecified atom stereocenters. The van der Waals surface area contributed by atoms with Crippen LogP contribution in [-0.2, 0) is 0 Å². The van der Waals surface area contributed by atoms with Gasteiger partial charge in [-0.3, -0.25) is 0 Å². The summed E-state index contributed by atoms with van der Waals surface area (Å²) in [5.74, 6) is 0. The summed E-state index contributed by atoms with van der Waals surface area (Å²) in [6, 6.07) is 0. The molecular formula is C6H5Br3O. The van der Waals surface area contributed by atoms with E-state index in [-0.39, 0.29) is 0 Å². The molecule has 0 aliphatic heterocycles. The van der Waals surface area contributed by atoms with Crippen molar-refractivity contribution >= 4 is 47.8 Å². The highest BCUT2D eigenvalue weighted by Crippen LogP contribution is 2.39. The van der Waals surface area contributed by atoms with E-state index in [0.29, 0.717) is 0 Å². The van der Waals surface area contributed by atoms with Crippen LogP contribution in [-0.4, -0.2) is 14.4 Å². The Hall–Kier alpha value is 0.880. The second kappa shape index (κ2) is 3.09. The number of alkyl halides is 2. The van der Waals surface area contributed by atoms with Crippen LogP contribution in [0.25, 0.3) is 0 Å². The van der Waals surface area contributed by atoms with Crippen molar-refractivity contribution in [3.63, 3.8) is 0 Å². The van der Waals surface area contributed by atoms with Gasteiger partial charge in [-0.2, -0.15) is 0 Å². The van der Waals surface area contributed by atoms with Gasteiger partial charge in [-0.25, -0.2) is 0 Å². The lowest BCUT2D eigenvalue weighted by atomic mass is 10.1. The normalized spacial score (nSPS) is 30.0. The smallest absolute Gasteiger partial charge is 0.129 e. The number of hydrogen-bond acceptors (Lipinski definition) is 1. The van der Waals surface area contributed by atoms with Crippen molar-refractivity contribution in [1.29, 1.82) is 0 Å². The SMILES string of the molecule is OC1C(Br)=CC=CC1(Br)Br. The summed E-state index contributed by atoms with van der Waals surface area (Å²) in [5, 5.41) is 9.45. The number of aliphatic hydroxyl groups is 1. The van der Waals surface area contributed by atoms with Gasteiger partial charge in [0.15, 0.2) is 0 Å². The largest absolute Gasteiger partial charge is 0.385 e. The standard InChI is InChI=1S/C6H5Br3O/c7-4-2-1-3-6(8,9)5(4)10/h1-3,5,10H. The minimum Gasteiger partial charge on any atom is -0.385 e. The fourth-order valence-electron chi connectivity index (χ4n) is 0.634. The molecule has 0 saturated carbocycles. The second-order valence-electron chi connectivity index (χ2n) is 1.99. The summed E-state index contributed by atoms with van der Waals surface area (Å²) in [6.07, 6.45) is 4.95. The van der Waals surface area contributed by atoms with Crippen molar-refractivity contribution in [3.8, 4) is 0 Å². The summed E-state index contributed by atoms with van der Waals surface area (Å²) >= 11 is 9.84. The molecule has 1 atom stereocenters. The maximum atomic E-state index is 9.45. The lowest BCUT2D eigenvalue weighted by molar-refractivity contribution is 0.222. The Labute approximate surface area is 84.6 Å². The van der Waals surface area contributed by atoms with E-state index in [0.717, 1.165) is 4.48 Å². The van der Waals surface area contributed by atoms with E-state index in [4.69, 9.17) is 0 Å². The van der Waals surface area contributed by atoms with Crippen LogP contribution < -0.4 is 0 Å². The van der Waals surface area contributed by atoms with Crippen molar-refractivity contribution in [3.05, 3.63) is 22.7 Å². The summed E-state index contributed by atoms with van der Waals surface area (Å²) in [6.45, 7) is 0. The van der Waals surface area contributed by atoms with Gasteiger partial charge < -0.3 is 5.11 Å². The molecule has 0 bridgehead atoms. The molecule has 1 rings (SSSR count). The lowest BCUT2D eigenvalue weighted by Crippen LogP contribution is -2.29. The minimum absolute atomic E-state index is 0.506. The Balaban J connectivity index is 2.89. The highest BCUT2D eigenvalue weighted by atomic mass is 79.9. The first-order valence-electron chi connectivity index (χ1n) is 2.65. The van der Waals surface area contributed by atoms with E-state index in [1.165, 1.54) is 0 Å². The van der Waals surface area contributed by atoms with Gasteiger partial charge in [-0.15, -0.1) is 0 Å². The molecule has 0 spiro atoms. The molecule has 0 amide bonds. The molecule has 0 saturated heterocycles. The maximum absolute atomic E-state index is 9.45. The van der Waals surface area contributed by atoms with Crippen LogP contribution in [0, 0.1) is 0 Å². The summed E-state index contributed by atoms with van der Waals surface area (Å²) in [5.41, 5.74) is 0. The molecule has 1 nitrogen and oxygen atoms in total. The Morgan fingerprint density at radius 3 is 2.50 bits per heavy atom. The molecule has 4 heteroatoms. The Bertz CT molecular complexity index is 195. The van der Waals surface area contributed by atoms with Crippen LogP contribution in [0.15, 0.2) is 22.7 Å². The van der Waals surface area contributed by atoms with Gasteiger partial charge in [0.25, 0.3) is 0 Å². The van der Waals surface area contributed by atoms with E-state index >= 15 is 0 Å². The van der Waals surface area contributed by atoms with Crippen molar-refractivity contribution in [2.45, 2.75) is 9.34 Å². The number of hydrogen-bond donors (Lipinski definition) is 1. The number of rotatable bonds is 0. The number of halogens is 3. The van der Waals surface area contributed by atoms with Gasteiger partial charge in [0.05, 0.1) is 0 Å². The summed E-state index contributed by atoms with van der Waals surface area (Å²) < 4.78 is 0.261. The van der Waals surface area contributed by atoms with E-state index in [2.05, 4.69) is 47.8 Å². The van der Waals surface area contributed by atoms with Crippen molar-refractivity contribution in [2.75, 3.05) is 0 Å². The van der Waals surface area contributed by atoms with Crippen LogP contribution in [0.4, 0.5) is 0 Å². The van der Waals surface area contributed by atoms with Gasteiger partial charge in [0.2, 0.25) is 0 Å². The summed E-state index contributed by atoms with van der Waals surface area (Å²) in [4.78, 5) is 0. The first-order chi connectivity index (χ1) is 4.54. The predicted molar refractivity (Wildman–Crippen MR) is 52.7 cm³/mol. The molecular weight excluding hydrogens is 328 g/mol. The fourth-order valence-corrected chi connectivity index (χ4v) is 2.56. The third-order valence-corrected chi connectivity index (χ3v) is 3.29. The average molecular weight is 333 g/mol. The highest BCUT2D eigenvalue weighted by Gasteiger charge is 2.32. The van der Waals surface area contributed by atoms with Gasteiger partial charge >= 0.3 is 0 Å². The van der Waals surface area contributed by atoms with E-state index in [9.17, 15) is 5.11 Å². The van der Waals surface area contributed by atoms with E-state index in [1.807, 2.05) is 18.2 Å². The zero-order chi connectivity index (χ0) is 7.78. The zero-order valence-electron chi connectivity index (χ0n) is 4.89. The average Bonchev–Trinajstić information content (AvgIpc) is 1.83. The van der Waals surface area contributed by atoms with Crippen molar-refractivity contribution in [2.24, 2.45) is 0 Å². The Morgan fingerprint density at radius 2 is 2.10 bits per heavy atom. The molecule has 0 aromatic carbocycles. The predicted octanol–water partition coefficient (Wildman–Crippen LogP) is 2.68. The van der Waals surface area contributed by atoms with Gasteiger partial charge in [-0.05, 0) is 6.08 Å². The van der Waals surface area contributed by atoms with E-state index in [1.54, 1.807) is 0 Å². The second-order valence-corrected chi connectivity index (χ2v) is 6.59. The monoisotopic (exact) mass is 330 g/mol. The summed E-state index contributed by atoms with van der Waals surface area (Å²) in [7, 11) is 0. The lowest BCUT2D eigenvalue weighted by Gasteiger charge is -2.25. The topological polar surface area (TPSA) is 20.2 Å². The minimum atomic E-state index is -0.558. The van der Waals surface area contributed by atoms with Crippen LogP contribution in [0.1, 0.15) is 0 Å². The number of aliphatic hydroxyl groups excluding tert-OH is 1. The fraction of sp³-hybridized carbons (Fsp3) is 0.333. The maximum Gasteiger partial charge on any atom is 0.129 e. The number of allylic oxidation sites excluding steroid dienone is 2. The highest BCUT2D eigenvalue weighted by molar-refractivity contribution is 9.25. The Kier molecular flexibility index (Phi) is 2.77. The first kappa shape index (κ1) is 8.97. The van der Waals surface area contributed by atoms with Gasteiger partial charge in [0.1, 0.15) is 9.34 Å². The molecule has 0 aromatic rings. The van der Waals surface area contributed by atoms with Crippen molar-refractivity contribution in [1.82, 2.24) is 0 Å². The van der Waals surface area contributed by atoms with Crippen LogP contribution in [0.3, 0.4) is 0 Å². The van der Waals surface area contributed by atoms with Gasteiger partial charge in [0, 0.05) is 4.48 Å². The van der Waals surface area contributed by atoms with Crippen LogP contribution in [0.2, 0.25) is 0 Å². The van der Waals surface area contributed by atoms with Crippen LogP contribution >= 0.6 is 47.8 Å². The van der Waals surface area contributed by atoms with Gasteiger partial charge in [-0.1, -0.05) is 59.9 Å². The molecule has 1 aliphatic carbocycles. The quantitative estimate of drug-likeness (QED) is 0.676. The van der Waals surface area contributed by atoms with E-state index < -0.39 is 9.34 Å². The molecule has 0 fully saturated rings. The van der Waals surface area contributed by atoms with Crippen molar-refractivity contribution < 1.29 is 5.11 Å². The Morgan fingerprint density at radius 1 is 1.50 bits per heavy atom. The zero-order valence-corrected chi connectivity index (χ0v) is 9.65. The molecule has 1 aliphatic rings.